The summed E-state index contributed by atoms with van der Waals surface area (Å²) in [5, 5.41) is 2.65. The molecule has 0 saturated heterocycles. The molecule has 6 heteroatoms. The van der Waals surface area contributed by atoms with Gasteiger partial charge in [-0.05, 0) is 29.2 Å². The summed E-state index contributed by atoms with van der Waals surface area (Å²) in [6, 6.07) is 14.8. The molecule has 0 aromatic heterocycles. The van der Waals surface area contributed by atoms with Crippen molar-refractivity contribution in [1.29, 1.82) is 0 Å². The molecule has 0 aliphatic heterocycles. The van der Waals surface area contributed by atoms with Crippen LogP contribution in [0.25, 0.3) is 10.8 Å². The number of fused-ring (bicyclic) bond motifs is 1. The van der Waals surface area contributed by atoms with Crippen molar-refractivity contribution >= 4 is 21.2 Å². The minimum atomic E-state index is -4.23. The number of hydrogen-bond acceptors (Lipinski definition) is 4. The van der Waals surface area contributed by atoms with Crippen molar-refractivity contribution in [2.24, 2.45) is 0 Å². The Morgan fingerprint density at radius 3 is 2.00 bits per heavy atom. The summed E-state index contributed by atoms with van der Waals surface area (Å²) >= 11 is 0. The van der Waals surface area contributed by atoms with E-state index in [1.807, 2.05) is 6.08 Å². The van der Waals surface area contributed by atoms with Gasteiger partial charge in [-0.3, -0.25) is 4.55 Å². The lowest BCUT2D eigenvalue weighted by Gasteiger charge is -2.02. The largest absolute Gasteiger partial charge is 0.397 e. The molecule has 0 saturated carbocycles. The Hall–Kier alpha value is -1.73. The zero-order valence-corrected chi connectivity index (χ0v) is 19.9. The normalized spacial score (nSPS) is 10.8. The van der Waals surface area contributed by atoms with E-state index in [1.165, 1.54) is 61.3 Å². The Morgan fingerprint density at radius 2 is 1.42 bits per heavy atom. The van der Waals surface area contributed by atoms with Crippen LogP contribution in [0.2, 0.25) is 0 Å². The molecule has 0 spiro atoms. The lowest BCUT2D eigenvalue weighted by atomic mass is 10.0. The van der Waals surface area contributed by atoms with Gasteiger partial charge in [0.2, 0.25) is 0 Å². The lowest BCUT2D eigenvalue weighted by Crippen LogP contribution is -2.04. The zero-order valence-electron chi connectivity index (χ0n) is 19.1. The van der Waals surface area contributed by atoms with E-state index >= 15 is 0 Å². The van der Waals surface area contributed by atoms with Crippen LogP contribution in [-0.4, -0.2) is 19.6 Å². The quantitative estimate of drug-likeness (QED) is 0.176. The van der Waals surface area contributed by atoms with Crippen molar-refractivity contribution in [3.05, 3.63) is 60.7 Å². The average molecular weight is 452 g/mol. The number of allylic oxidation sites excluding steroid dienone is 1. The van der Waals surface area contributed by atoms with Crippen LogP contribution in [0.1, 0.15) is 76.7 Å². The summed E-state index contributed by atoms with van der Waals surface area (Å²) in [5.41, 5.74) is 1.35. The first-order valence-corrected chi connectivity index (χ1v) is 12.5. The maximum atomic E-state index is 10.2. The molecule has 2 rings (SSSR count). The smallest absolute Gasteiger partial charge is 0.344 e. The lowest BCUT2D eigenvalue weighted by molar-refractivity contribution is 0.261. The molecule has 0 radical (unpaired) electrons. The third kappa shape index (κ3) is 14.8. The van der Waals surface area contributed by atoms with Gasteiger partial charge < -0.3 is 6.15 Å². The molecule has 31 heavy (non-hydrogen) atoms. The highest BCUT2D eigenvalue weighted by Crippen LogP contribution is 2.18. The molecular formula is C25H41NO4S. The van der Waals surface area contributed by atoms with Gasteiger partial charge >= 0.3 is 10.4 Å². The van der Waals surface area contributed by atoms with Gasteiger partial charge in [0.25, 0.3) is 0 Å². The Balaban J connectivity index is 0.000000576. The Morgan fingerprint density at radius 1 is 0.871 bits per heavy atom. The summed E-state index contributed by atoms with van der Waals surface area (Å²) in [5.74, 6) is 0. The van der Waals surface area contributed by atoms with Crippen molar-refractivity contribution in [3.8, 4) is 0 Å². The minimum Gasteiger partial charge on any atom is -0.344 e. The van der Waals surface area contributed by atoms with Crippen LogP contribution < -0.4 is 6.15 Å². The monoisotopic (exact) mass is 451 g/mol. The van der Waals surface area contributed by atoms with Crippen LogP contribution in [0.4, 0.5) is 0 Å². The highest BCUT2D eigenvalue weighted by Gasteiger charge is 2.02. The highest BCUT2D eigenvalue weighted by molar-refractivity contribution is 7.80. The fourth-order valence-corrected chi connectivity index (χ4v) is 3.71. The second-order valence-corrected chi connectivity index (χ2v) is 8.65. The first-order valence-electron chi connectivity index (χ1n) is 11.2. The van der Waals surface area contributed by atoms with Crippen molar-refractivity contribution < 1.29 is 17.2 Å². The molecule has 0 aliphatic rings. The van der Waals surface area contributed by atoms with Gasteiger partial charge in [-0.2, -0.15) is 8.42 Å². The van der Waals surface area contributed by atoms with Gasteiger partial charge in [0.05, 0.1) is 6.61 Å². The molecule has 176 valence electrons. The van der Waals surface area contributed by atoms with Crippen molar-refractivity contribution in [2.75, 3.05) is 6.61 Å². The van der Waals surface area contributed by atoms with E-state index in [2.05, 4.69) is 60.2 Å². The van der Waals surface area contributed by atoms with Crippen molar-refractivity contribution in [3.63, 3.8) is 0 Å². The standard InChI is InChI=1S/C13H12.C12H26O4S.H3N/c1-2-6-11-8-5-9-12-7-3-4-10-13(11)12;1-2-3-4-5-6-7-8-9-10-11-12-16-17(13,14)15;/h2-5,7-10H,1,6H2;2-12H2,1H3,(H,13,14,15);1H3. The molecule has 0 atom stereocenters. The predicted molar refractivity (Wildman–Crippen MR) is 132 cm³/mol. The van der Waals surface area contributed by atoms with Crippen LogP contribution in [0.15, 0.2) is 55.1 Å². The minimum absolute atomic E-state index is 0. The molecule has 0 bridgehead atoms. The van der Waals surface area contributed by atoms with Crippen LogP contribution in [0, 0.1) is 0 Å². The van der Waals surface area contributed by atoms with Gasteiger partial charge in [0, 0.05) is 0 Å². The Kier molecular flexibility index (Phi) is 16.9. The van der Waals surface area contributed by atoms with Crippen LogP contribution in [-0.2, 0) is 21.0 Å². The van der Waals surface area contributed by atoms with E-state index < -0.39 is 10.4 Å². The van der Waals surface area contributed by atoms with Gasteiger partial charge in [-0.25, -0.2) is 4.18 Å². The Bertz CT molecular complexity index is 816. The fraction of sp³-hybridized carbons (Fsp3) is 0.520. The Labute approximate surface area is 189 Å². The second kappa shape index (κ2) is 17.9. The van der Waals surface area contributed by atoms with E-state index in [1.54, 1.807) is 0 Å². The average Bonchev–Trinajstić information content (AvgIpc) is 2.72. The maximum Gasteiger partial charge on any atom is 0.397 e. The van der Waals surface area contributed by atoms with E-state index in [0.29, 0.717) is 6.42 Å². The van der Waals surface area contributed by atoms with E-state index in [9.17, 15) is 8.42 Å². The third-order valence-corrected chi connectivity index (χ3v) is 5.44. The number of benzene rings is 2. The molecule has 0 heterocycles. The highest BCUT2D eigenvalue weighted by atomic mass is 32.3. The van der Waals surface area contributed by atoms with Crippen molar-refractivity contribution in [1.82, 2.24) is 6.15 Å². The zero-order chi connectivity index (χ0) is 22.1. The van der Waals surface area contributed by atoms with Gasteiger partial charge in [-0.1, -0.05) is 113 Å². The van der Waals surface area contributed by atoms with E-state index in [-0.39, 0.29) is 12.8 Å². The molecule has 5 nitrogen and oxygen atoms in total. The molecule has 0 aliphatic carbocycles. The molecule has 0 amide bonds. The summed E-state index contributed by atoms with van der Waals surface area (Å²) in [6.45, 7) is 6.07. The summed E-state index contributed by atoms with van der Waals surface area (Å²) in [6.07, 6.45) is 14.7. The molecule has 0 fully saturated rings. The molecule has 4 N–H and O–H groups in total. The third-order valence-electron chi connectivity index (χ3n) is 4.97. The van der Waals surface area contributed by atoms with Crippen molar-refractivity contribution in [2.45, 2.75) is 77.6 Å². The first-order chi connectivity index (χ1) is 14.5. The SMILES string of the molecule is C=CCc1cccc2ccccc12.CCCCCCCCCCCCOS(=O)(=O)O.N. The van der Waals surface area contributed by atoms with Gasteiger partial charge in [-0.15, -0.1) is 6.58 Å². The van der Waals surface area contributed by atoms with Crippen LogP contribution in [0.3, 0.4) is 0 Å². The molecule has 2 aromatic rings. The maximum absolute atomic E-state index is 10.2. The predicted octanol–water partition coefficient (Wildman–Crippen LogP) is 7.46. The fourth-order valence-electron chi connectivity index (χ4n) is 3.38. The molecule has 0 unspecified atom stereocenters. The van der Waals surface area contributed by atoms with Crippen LogP contribution in [0.5, 0.6) is 0 Å². The summed E-state index contributed by atoms with van der Waals surface area (Å²) < 4.78 is 33.0. The molecule has 2 aromatic carbocycles. The van der Waals surface area contributed by atoms with Gasteiger partial charge in [0.1, 0.15) is 0 Å². The number of unbranched alkanes of at least 4 members (excludes halogenated alkanes) is 9. The second-order valence-electron chi connectivity index (χ2n) is 7.56. The number of rotatable bonds is 14. The summed E-state index contributed by atoms with van der Waals surface area (Å²) in [4.78, 5) is 0. The van der Waals surface area contributed by atoms with Gasteiger partial charge in [0.15, 0.2) is 0 Å². The van der Waals surface area contributed by atoms with E-state index in [0.717, 1.165) is 19.3 Å². The first kappa shape index (κ1) is 29.3. The van der Waals surface area contributed by atoms with Crippen LogP contribution >= 0.6 is 0 Å². The molecular weight excluding hydrogens is 410 g/mol. The topological polar surface area (TPSA) is 98.6 Å². The summed E-state index contributed by atoms with van der Waals surface area (Å²) in [7, 11) is -4.23. The van der Waals surface area contributed by atoms with E-state index in [4.69, 9.17) is 4.55 Å². The number of hydrogen-bond donors (Lipinski definition) is 2.